The van der Waals surface area contributed by atoms with Crippen LogP contribution in [-0.4, -0.2) is 51.8 Å². The van der Waals surface area contributed by atoms with Crippen molar-refractivity contribution in [1.29, 1.82) is 0 Å². The van der Waals surface area contributed by atoms with E-state index in [1.54, 1.807) is 4.57 Å². The van der Waals surface area contributed by atoms with E-state index in [1.807, 2.05) is 49.9 Å². The third-order valence-electron chi connectivity index (χ3n) is 4.58. The molecule has 3 rings (SSSR count). The Kier molecular flexibility index (Phi) is 5.36. The summed E-state index contributed by atoms with van der Waals surface area (Å²) in [5, 5.41) is 3.34. The Labute approximate surface area is 153 Å². The number of amides is 1. The molecule has 1 aliphatic heterocycles. The molecule has 0 saturated carbocycles. The molecule has 0 aliphatic carbocycles. The highest BCUT2D eigenvalue weighted by molar-refractivity contribution is 5.74. The van der Waals surface area contributed by atoms with Gasteiger partial charge in [-0.2, -0.15) is 0 Å². The zero-order valence-corrected chi connectivity index (χ0v) is 15.7. The maximum atomic E-state index is 12.5. The van der Waals surface area contributed by atoms with E-state index in [0.29, 0.717) is 13.1 Å². The second kappa shape index (κ2) is 7.53. The molecule has 1 fully saturated rings. The SMILES string of the molecule is CC(C)(C)OC(=O)N1CCNCC1CCCn1c(=O)[nH]c2ccccc21. The lowest BCUT2D eigenvalue weighted by molar-refractivity contribution is 0.0109. The molecular weight excluding hydrogens is 332 g/mol. The zero-order chi connectivity index (χ0) is 18.7. The number of carbonyl (C=O) groups excluding carboxylic acids is 1. The first-order valence-corrected chi connectivity index (χ1v) is 9.23. The number of aromatic nitrogens is 2. The van der Waals surface area contributed by atoms with E-state index >= 15 is 0 Å². The molecular formula is C19H28N4O3. The lowest BCUT2D eigenvalue weighted by Gasteiger charge is -2.37. The molecule has 2 aromatic rings. The molecule has 0 bridgehead atoms. The van der Waals surface area contributed by atoms with E-state index in [9.17, 15) is 9.59 Å². The topological polar surface area (TPSA) is 79.4 Å². The van der Waals surface area contributed by atoms with Crippen LogP contribution in [-0.2, 0) is 11.3 Å². The molecule has 0 spiro atoms. The van der Waals surface area contributed by atoms with Gasteiger partial charge < -0.3 is 19.9 Å². The van der Waals surface area contributed by atoms with E-state index in [4.69, 9.17) is 4.74 Å². The van der Waals surface area contributed by atoms with Crippen LogP contribution >= 0.6 is 0 Å². The number of nitrogens with zero attached hydrogens (tertiary/aromatic N) is 2. The summed E-state index contributed by atoms with van der Waals surface area (Å²) in [6.07, 6.45) is 1.37. The quantitative estimate of drug-likeness (QED) is 0.877. The van der Waals surface area contributed by atoms with Crippen LogP contribution in [0.15, 0.2) is 29.1 Å². The summed E-state index contributed by atoms with van der Waals surface area (Å²) in [6.45, 7) is 8.44. The van der Waals surface area contributed by atoms with Gasteiger partial charge in [0.25, 0.3) is 0 Å². The standard InChI is InChI=1S/C19H28N4O3/c1-19(2,3)26-18(25)22-12-10-20-13-14(22)7-6-11-23-16-9-5-4-8-15(16)21-17(23)24/h4-5,8-9,14,20H,6-7,10-13H2,1-3H3,(H,21,24). The number of H-pyrrole nitrogens is 1. The van der Waals surface area contributed by atoms with Crippen LogP contribution in [0, 0.1) is 0 Å². The summed E-state index contributed by atoms with van der Waals surface area (Å²) in [5.41, 5.74) is 1.19. The Bertz CT molecular complexity index is 818. The average molecular weight is 360 g/mol. The summed E-state index contributed by atoms with van der Waals surface area (Å²) in [6, 6.07) is 7.78. The molecule has 26 heavy (non-hydrogen) atoms. The summed E-state index contributed by atoms with van der Waals surface area (Å²) < 4.78 is 7.30. The molecule has 1 atom stereocenters. The van der Waals surface area contributed by atoms with Crippen LogP contribution in [0.3, 0.4) is 0 Å². The number of carbonyl (C=O) groups is 1. The minimum absolute atomic E-state index is 0.0829. The highest BCUT2D eigenvalue weighted by Crippen LogP contribution is 2.17. The van der Waals surface area contributed by atoms with Crippen molar-refractivity contribution >= 4 is 17.1 Å². The van der Waals surface area contributed by atoms with Gasteiger partial charge in [0.15, 0.2) is 0 Å². The fourth-order valence-corrected chi connectivity index (χ4v) is 3.39. The predicted octanol–water partition coefficient (Wildman–Crippen LogP) is 2.32. The monoisotopic (exact) mass is 360 g/mol. The summed E-state index contributed by atoms with van der Waals surface area (Å²) in [4.78, 5) is 29.3. The minimum atomic E-state index is -0.496. The first kappa shape index (κ1) is 18.5. The fourth-order valence-electron chi connectivity index (χ4n) is 3.39. The Morgan fingerprint density at radius 2 is 2.08 bits per heavy atom. The van der Waals surface area contributed by atoms with Crippen molar-refractivity contribution in [3.05, 3.63) is 34.7 Å². The largest absolute Gasteiger partial charge is 0.444 e. The van der Waals surface area contributed by atoms with Gasteiger partial charge in [-0.3, -0.25) is 4.57 Å². The van der Waals surface area contributed by atoms with Crippen LogP contribution < -0.4 is 11.0 Å². The van der Waals surface area contributed by atoms with Gasteiger partial charge in [-0.25, -0.2) is 9.59 Å². The molecule has 1 aromatic carbocycles. The number of ether oxygens (including phenoxy) is 1. The van der Waals surface area contributed by atoms with Crippen molar-refractivity contribution < 1.29 is 9.53 Å². The smallest absolute Gasteiger partial charge is 0.410 e. The number of hydrogen-bond donors (Lipinski definition) is 2. The van der Waals surface area contributed by atoms with E-state index < -0.39 is 5.60 Å². The number of imidazole rings is 1. The first-order chi connectivity index (χ1) is 12.3. The predicted molar refractivity (Wildman–Crippen MR) is 101 cm³/mol. The lowest BCUT2D eigenvalue weighted by atomic mass is 10.1. The van der Waals surface area contributed by atoms with Crippen molar-refractivity contribution in [2.75, 3.05) is 19.6 Å². The number of nitrogens with one attached hydrogen (secondary N) is 2. The zero-order valence-electron chi connectivity index (χ0n) is 15.7. The number of aromatic amines is 1. The molecule has 0 radical (unpaired) electrons. The molecule has 1 amide bonds. The summed E-state index contributed by atoms with van der Waals surface area (Å²) in [5.74, 6) is 0. The van der Waals surface area contributed by atoms with Gasteiger partial charge >= 0.3 is 11.8 Å². The minimum Gasteiger partial charge on any atom is -0.444 e. The van der Waals surface area contributed by atoms with E-state index in [0.717, 1.165) is 37.0 Å². The number of piperazine rings is 1. The molecule has 2 heterocycles. The van der Waals surface area contributed by atoms with Gasteiger partial charge in [-0.05, 0) is 45.7 Å². The highest BCUT2D eigenvalue weighted by Gasteiger charge is 2.30. The van der Waals surface area contributed by atoms with Crippen molar-refractivity contribution in [1.82, 2.24) is 19.8 Å². The third-order valence-corrected chi connectivity index (χ3v) is 4.58. The third kappa shape index (κ3) is 4.27. The van der Waals surface area contributed by atoms with Crippen LogP contribution in [0.1, 0.15) is 33.6 Å². The normalized spacial score (nSPS) is 18.3. The van der Waals surface area contributed by atoms with Crippen LogP contribution in [0.5, 0.6) is 0 Å². The van der Waals surface area contributed by atoms with Gasteiger partial charge in [0.05, 0.1) is 11.0 Å². The molecule has 2 N–H and O–H groups in total. The van der Waals surface area contributed by atoms with Crippen LogP contribution in [0.4, 0.5) is 4.79 Å². The second-order valence-corrected chi connectivity index (χ2v) is 7.77. The summed E-state index contributed by atoms with van der Waals surface area (Å²) in [7, 11) is 0. The summed E-state index contributed by atoms with van der Waals surface area (Å²) >= 11 is 0. The van der Waals surface area contributed by atoms with Gasteiger partial charge in [-0.15, -0.1) is 0 Å². The van der Waals surface area contributed by atoms with Gasteiger partial charge in [-0.1, -0.05) is 12.1 Å². The number of benzene rings is 1. The van der Waals surface area contributed by atoms with Gasteiger partial charge in [0, 0.05) is 32.2 Å². The number of aryl methyl sites for hydroxylation is 1. The van der Waals surface area contributed by atoms with Crippen LogP contribution in [0.25, 0.3) is 11.0 Å². The highest BCUT2D eigenvalue weighted by atomic mass is 16.6. The number of fused-ring (bicyclic) bond motifs is 1. The number of hydrogen-bond acceptors (Lipinski definition) is 4. The molecule has 7 heteroatoms. The molecule has 1 saturated heterocycles. The Balaban J connectivity index is 1.63. The lowest BCUT2D eigenvalue weighted by Crippen LogP contribution is -2.54. The molecule has 1 unspecified atom stereocenters. The average Bonchev–Trinajstić information content (AvgIpc) is 2.89. The Hall–Kier alpha value is -2.28. The van der Waals surface area contributed by atoms with E-state index in [2.05, 4.69) is 10.3 Å². The maximum absolute atomic E-state index is 12.5. The molecule has 7 nitrogen and oxygen atoms in total. The molecule has 1 aromatic heterocycles. The molecule has 1 aliphatic rings. The Morgan fingerprint density at radius 3 is 2.85 bits per heavy atom. The van der Waals surface area contributed by atoms with Crippen LogP contribution in [0.2, 0.25) is 0 Å². The second-order valence-electron chi connectivity index (χ2n) is 7.77. The van der Waals surface area contributed by atoms with Gasteiger partial charge in [0.2, 0.25) is 0 Å². The maximum Gasteiger partial charge on any atom is 0.410 e. The number of rotatable bonds is 4. The molecule has 142 valence electrons. The van der Waals surface area contributed by atoms with Crippen molar-refractivity contribution in [3.8, 4) is 0 Å². The van der Waals surface area contributed by atoms with E-state index in [1.165, 1.54) is 0 Å². The van der Waals surface area contributed by atoms with Crippen molar-refractivity contribution in [2.45, 2.75) is 51.8 Å². The Morgan fingerprint density at radius 1 is 1.31 bits per heavy atom. The van der Waals surface area contributed by atoms with Crippen molar-refractivity contribution in [2.24, 2.45) is 0 Å². The van der Waals surface area contributed by atoms with Crippen molar-refractivity contribution in [3.63, 3.8) is 0 Å². The number of para-hydroxylation sites is 2. The first-order valence-electron chi connectivity index (χ1n) is 9.23. The van der Waals surface area contributed by atoms with Gasteiger partial charge in [0.1, 0.15) is 5.60 Å². The van der Waals surface area contributed by atoms with E-state index in [-0.39, 0.29) is 17.8 Å². The fraction of sp³-hybridized carbons (Fsp3) is 0.579.